The molecule has 0 bridgehead atoms. The number of carbonyl (C=O) groups excluding carboxylic acids is 1. The highest BCUT2D eigenvalue weighted by molar-refractivity contribution is 7.13. The number of amides is 1. The first-order valence-electron chi connectivity index (χ1n) is 7.79. The maximum absolute atomic E-state index is 12.5. The molecule has 0 fully saturated rings. The third-order valence-corrected chi connectivity index (χ3v) is 4.60. The monoisotopic (exact) mass is 341 g/mol. The summed E-state index contributed by atoms with van der Waals surface area (Å²) in [5.41, 5.74) is 1.46. The van der Waals surface area contributed by atoms with Crippen LogP contribution < -0.4 is 5.32 Å². The van der Waals surface area contributed by atoms with Crippen molar-refractivity contribution in [2.24, 2.45) is 5.92 Å². The van der Waals surface area contributed by atoms with Gasteiger partial charge in [-0.1, -0.05) is 44.2 Å². The highest BCUT2D eigenvalue weighted by Crippen LogP contribution is 2.23. The molecule has 3 rings (SSSR count). The Hall–Kier alpha value is -2.54. The van der Waals surface area contributed by atoms with Crippen molar-refractivity contribution in [1.82, 2.24) is 25.3 Å². The van der Waals surface area contributed by atoms with Gasteiger partial charge >= 0.3 is 0 Å². The number of nitrogens with one attached hydrogen (secondary N) is 1. The Balaban J connectivity index is 1.70. The van der Waals surface area contributed by atoms with Gasteiger partial charge in [-0.15, -0.1) is 11.3 Å². The van der Waals surface area contributed by atoms with Crippen molar-refractivity contribution >= 4 is 17.2 Å². The van der Waals surface area contributed by atoms with Crippen molar-refractivity contribution < 1.29 is 4.79 Å². The number of hydrogen-bond donors (Lipinski definition) is 1. The molecule has 7 heteroatoms. The number of rotatable bonds is 6. The fraction of sp³-hybridized carbons (Fsp3) is 0.294. The van der Waals surface area contributed by atoms with Gasteiger partial charge in [0.25, 0.3) is 5.91 Å². The summed E-state index contributed by atoms with van der Waals surface area (Å²) < 4.78 is 0. The van der Waals surface area contributed by atoms with Gasteiger partial charge < -0.3 is 5.32 Å². The van der Waals surface area contributed by atoms with Crippen molar-refractivity contribution in [3.63, 3.8) is 0 Å². The molecular formula is C17H19N5OS. The van der Waals surface area contributed by atoms with Crippen LogP contribution in [0.1, 0.15) is 24.3 Å². The van der Waals surface area contributed by atoms with Crippen molar-refractivity contribution in [3.8, 4) is 10.6 Å². The van der Waals surface area contributed by atoms with E-state index in [4.69, 9.17) is 0 Å². The van der Waals surface area contributed by atoms with Gasteiger partial charge in [-0.3, -0.25) is 4.79 Å². The minimum absolute atomic E-state index is 0.0632. The quantitative estimate of drug-likeness (QED) is 0.748. The Morgan fingerprint density at radius 1 is 1.21 bits per heavy atom. The lowest BCUT2D eigenvalue weighted by Gasteiger charge is -2.21. The van der Waals surface area contributed by atoms with E-state index in [-0.39, 0.29) is 17.9 Å². The van der Waals surface area contributed by atoms with Crippen LogP contribution >= 0.6 is 11.3 Å². The summed E-state index contributed by atoms with van der Waals surface area (Å²) in [6.45, 7) is 4.65. The Kier molecular flexibility index (Phi) is 5.00. The Morgan fingerprint density at radius 3 is 2.58 bits per heavy atom. The van der Waals surface area contributed by atoms with Crippen LogP contribution in [0.3, 0.4) is 0 Å². The molecule has 1 N–H and O–H groups in total. The number of thiazole rings is 1. The molecule has 1 unspecified atom stereocenters. The van der Waals surface area contributed by atoms with E-state index in [0.717, 1.165) is 10.6 Å². The first kappa shape index (κ1) is 16.3. The fourth-order valence-corrected chi connectivity index (χ4v) is 3.08. The van der Waals surface area contributed by atoms with Gasteiger partial charge in [0.1, 0.15) is 10.7 Å². The average Bonchev–Trinajstić information content (AvgIpc) is 3.26. The van der Waals surface area contributed by atoms with Gasteiger partial charge in [-0.25, -0.2) is 4.98 Å². The topological polar surface area (TPSA) is 72.7 Å². The third kappa shape index (κ3) is 3.86. The van der Waals surface area contributed by atoms with E-state index in [9.17, 15) is 4.79 Å². The maximum Gasteiger partial charge on any atom is 0.271 e. The molecule has 24 heavy (non-hydrogen) atoms. The average molecular weight is 341 g/mol. The highest BCUT2D eigenvalue weighted by Gasteiger charge is 2.20. The van der Waals surface area contributed by atoms with E-state index in [2.05, 4.69) is 34.3 Å². The van der Waals surface area contributed by atoms with Crippen LogP contribution in [-0.4, -0.2) is 31.9 Å². The molecule has 0 aliphatic rings. The predicted molar refractivity (Wildman–Crippen MR) is 93.7 cm³/mol. The van der Waals surface area contributed by atoms with Crippen molar-refractivity contribution in [2.45, 2.75) is 26.4 Å². The Bertz CT molecular complexity index is 782. The van der Waals surface area contributed by atoms with E-state index in [0.29, 0.717) is 12.2 Å². The van der Waals surface area contributed by atoms with Gasteiger partial charge in [-0.05, 0) is 5.92 Å². The Labute approximate surface area is 144 Å². The van der Waals surface area contributed by atoms with E-state index in [1.807, 2.05) is 30.3 Å². The molecule has 2 aromatic heterocycles. The van der Waals surface area contributed by atoms with Crippen molar-refractivity contribution in [2.75, 3.05) is 0 Å². The zero-order chi connectivity index (χ0) is 16.9. The molecule has 6 nitrogen and oxygen atoms in total. The number of aromatic nitrogens is 4. The van der Waals surface area contributed by atoms with Crippen LogP contribution in [-0.2, 0) is 6.54 Å². The second kappa shape index (κ2) is 7.35. The summed E-state index contributed by atoms with van der Waals surface area (Å²) in [6.07, 6.45) is 3.26. The molecule has 1 aromatic carbocycles. The van der Waals surface area contributed by atoms with E-state index < -0.39 is 0 Å². The molecular weight excluding hydrogens is 322 g/mol. The van der Waals surface area contributed by atoms with Gasteiger partial charge in [-0.2, -0.15) is 15.0 Å². The van der Waals surface area contributed by atoms with E-state index in [1.165, 1.54) is 11.3 Å². The molecule has 0 saturated heterocycles. The lowest BCUT2D eigenvalue weighted by Crippen LogP contribution is -2.42. The van der Waals surface area contributed by atoms with Gasteiger partial charge in [0.05, 0.1) is 25.0 Å². The molecule has 3 aromatic rings. The van der Waals surface area contributed by atoms with Crippen LogP contribution in [0.15, 0.2) is 48.1 Å². The molecule has 2 heterocycles. The molecule has 1 amide bonds. The SMILES string of the molecule is CC(C)C(Cn1nccn1)NC(=O)c1csc(-c2ccccc2)n1. The number of hydrogen-bond acceptors (Lipinski definition) is 5. The minimum Gasteiger partial charge on any atom is -0.346 e. The standard InChI is InChI=1S/C17H19N5OS/c1-12(2)14(10-22-18-8-9-19-22)20-16(23)15-11-24-17(21-15)13-6-4-3-5-7-13/h3-9,11-12,14H,10H2,1-2H3,(H,20,23). The van der Waals surface area contributed by atoms with Crippen LogP contribution in [0.2, 0.25) is 0 Å². The largest absolute Gasteiger partial charge is 0.346 e. The zero-order valence-electron chi connectivity index (χ0n) is 13.6. The van der Waals surface area contributed by atoms with Crippen molar-refractivity contribution in [1.29, 1.82) is 0 Å². The molecule has 0 saturated carbocycles. The summed E-state index contributed by atoms with van der Waals surface area (Å²) in [4.78, 5) is 18.6. The van der Waals surface area contributed by atoms with Crippen LogP contribution in [0.4, 0.5) is 0 Å². The molecule has 124 valence electrons. The van der Waals surface area contributed by atoms with Gasteiger partial charge in [0.2, 0.25) is 0 Å². The number of benzene rings is 1. The highest BCUT2D eigenvalue weighted by atomic mass is 32.1. The lowest BCUT2D eigenvalue weighted by molar-refractivity contribution is 0.0913. The van der Waals surface area contributed by atoms with Gasteiger partial charge in [0, 0.05) is 10.9 Å². The molecule has 0 aliphatic heterocycles. The first-order chi connectivity index (χ1) is 11.6. The fourth-order valence-electron chi connectivity index (χ4n) is 2.27. The van der Waals surface area contributed by atoms with Crippen LogP contribution in [0.25, 0.3) is 10.6 Å². The molecule has 1 atom stereocenters. The zero-order valence-corrected chi connectivity index (χ0v) is 14.4. The van der Waals surface area contributed by atoms with Crippen molar-refractivity contribution in [3.05, 3.63) is 53.8 Å². The second-order valence-corrected chi connectivity index (χ2v) is 6.67. The first-order valence-corrected chi connectivity index (χ1v) is 8.67. The summed E-state index contributed by atoms with van der Waals surface area (Å²) in [5, 5.41) is 13.9. The summed E-state index contributed by atoms with van der Waals surface area (Å²) in [6, 6.07) is 9.79. The third-order valence-electron chi connectivity index (χ3n) is 3.71. The minimum atomic E-state index is -0.167. The van der Waals surface area contributed by atoms with E-state index >= 15 is 0 Å². The molecule has 0 aliphatic carbocycles. The smallest absolute Gasteiger partial charge is 0.271 e. The normalized spacial score (nSPS) is 12.3. The maximum atomic E-state index is 12.5. The summed E-state index contributed by atoms with van der Waals surface area (Å²) in [5.74, 6) is 0.0893. The molecule has 0 spiro atoms. The molecule has 0 radical (unpaired) electrons. The predicted octanol–water partition coefficient (Wildman–Crippen LogP) is 2.86. The number of nitrogens with zero attached hydrogens (tertiary/aromatic N) is 4. The lowest BCUT2D eigenvalue weighted by atomic mass is 10.0. The van der Waals surface area contributed by atoms with Gasteiger partial charge in [0.15, 0.2) is 0 Å². The van der Waals surface area contributed by atoms with E-state index in [1.54, 1.807) is 22.6 Å². The second-order valence-electron chi connectivity index (χ2n) is 5.81. The summed E-state index contributed by atoms with van der Waals surface area (Å²) >= 11 is 1.47. The number of carbonyl (C=O) groups is 1. The van der Waals surface area contributed by atoms with Crippen LogP contribution in [0.5, 0.6) is 0 Å². The summed E-state index contributed by atoms with van der Waals surface area (Å²) in [7, 11) is 0. The van der Waals surface area contributed by atoms with Crippen LogP contribution in [0, 0.1) is 5.92 Å². The Morgan fingerprint density at radius 2 is 1.92 bits per heavy atom.